The lowest BCUT2D eigenvalue weighted by molar-refractivity contribution is -0.113. The van der Waals surface area contributed by atoms with Gasteiger partial charge in [0.05, 0.1) is 36.6 Å². The Morgan fingerprint density at radius 3 is 2.65 bits per heavy atom. The third kappa shape index (κ3) is 5.51. The van der Waals surface area contributed by atoms with Crippen molar-refractivity contribution in [2.45, 2.75) is 25.5 Å². The summed E-state index contributed by atoms with van der Waals surface area (Å²) in [5, 5.41) is 4.26. The Balaban J connectivity index is 1.85. The molecule has 2 aromatic carbocycles. The van der Waals surface area contributed by atoms with E-state index in [0.29, 0.717) is 44.8 Å². The third-order valence-electron chi connectivity index (χ3n) is 4.44. The molecule has 0 aliphatic heterocycles. The van der Waals surface area contributed by atoms with Gasteiger partial charge in [0.15, 0.2) is 5.16 Å². The summed E-state index contributed by atoms with van der Waals surface area (Å²) in [7, 11) is 3.08. The first-order chi connectivity index (χ1) is 14.8. The molecule has 0 radical (unpaired) electrons. The van der Waals surface area contributed by atoms with Crippen LogP contribution in [0.4, 0.5) is 5.69 Å². The number of carbonyl (C=O) groups is 1. The van der Waals surface area contributed by atoms with E-state index in [-0.39, 0.29) is 23.1 Å². The number of aromatic nitrogens is 2. The first-order valence-corrected chi connectivity index (χ1v) is 11.0. The summed E-state index contributed by atoms with van der Waals surface area (Å²) < 4.78 is 12.1. The van der Waals surface area contributed by atoms with Gasteiger partial charge in [-0.05, 0) is 36.2 Å². The molecule has 1 aromatic heterocycles. The molecule has 9 heteroatoms. The largest absolute Gasteiger partial charge is 0.497 e. The van der Waals surface area contributed by atoms with E-state index in [1.165, 1.54) is 18.9 Å². The highest BCUT2D eigenvalue weighted by Crippen LogP contribution is 2.29. The highest BCUT2D eigenvalue weighted by Gasteiger charge is 2.16. The number of ether oxygens (including phenoxy) is 2. The van der Waals surface area contributed by atoms with Crippen molar-refractivity contribution in [3.8, 4) is 11.5 Å². The Morgan fingerprint density at radius 2 is 1.97 bits per heavy atom. The molecule has 164 valence electrons. The number of rotatable bonds is 8. The summed E-state index contributed by atoms with van der Waals surface area (Å²) in [5.74, 6) is 1.17. The minimum Gasteiger partial charge on any atom is -0.497 e. The Labute approximate surface area is 189 Å². The lowest BCUT2D eigenvalue weighted by Crippen LogP contribution is -2.26. The molecule has 1 heterocycles. The van der Waals surface area contributed by atoms with Crippen LogP contribution >= 0.6 is 23.4 Å². The number of carbonyl (C=O) groups excluding carboxylic acids is 1. The van der Waals surface area contributed by atoms with Gasteiger partial charge in [0.25, 0.3) is 5.56 Å². The fourth-order valence-corrected chi connectivity index (χ4v) is 4.02. The number of methoxy groups -OCH3 is 2. The van der Waals surface area contributed by atoms with Crippen LogP contribution in [-0.2, 0) is 11.3 Å². The zero-order valence-electron chi connectivity index (χ0n) is 17.8. The highest BCUT2D eigenvalue weighted by molar-refractivity contribution is 7.99. The number of anilines is 1. The molecule has 0 saturated heterocycles. The van der Waals surface area contributed by atoms with Crippen LogP contribution in [0.25, 0.3) is 10.9 Å². The van der Waals surface area contributed by atoms with Gasteiger partial charge in [-0.1, -0.05) is 37.2 Å². The molecule has 0 bridgehead atoms. The van der Waals surface area contributed by atoms with Crippen LogP contribution in [0.5, 0.6) is 11.5 Å². The van der Waals surface area contributed by atoms with Gasteiger partial charge in [0.2, 0.25) is 5.91 Å². The number of nitrogens with one attached hydrogen (secondary N) is 1. The molecule has 0 fully saturated rings. The number of nitrogens with zero attached hydrogens (tertiary/aromatic N) is 2. The first-order valence-electron chi connectivity index (χ1n) is 9.67. The van der Waals surface area contributed by atoms with Crippen molar-refractivity contribution in [3.63, 3.8) is 0 Å². The topological polar surface area (TPSA) is 82.5 Å². The van der Waals surface area contributed by atoms with Crippen LogP contribution in [0.2, 0.25) is 5.02 Å². The molecular weight excluding hydrogens is 438 g/mol. The summed E-state index contributed by atoms with van der Waals surface area (Å²) in [4.78, 5) is 30.3. The second-order valence-corrected chi connectivity index (χ2v) is 8.65. The van der Waals surface area contributed by atoms with E-state index in [0.717, 1.165) is 0 Å². The number of amides is 1. The number of thioether (sulfide) groups is 1. The average Bonchev–Trinajstić information content (AvgIpc) is 2.74. The quantitative estimate of drug-likeness (QED) is 0.394. The lowest BCUT2D eigenvalue weighted by atomic mass is 10.2. The van der Waals surface area contributed by atoms with Crippen molar-refractivity contribution in [2.75, 3.05) is 25.3 Å². The van der Waals surface area contributed by atoms with Gasteiger partial charge in [-0.2, -0.15) is 0 Å². The van der Waals surface area contributed by atoms with Crippen LogP contribution in [0.3, 0.4) is 0 Å². The minimum atomic E-state index is -0.252. The van der Waals surface area contributed by atoms with Crippen molar-refractivity contribution in [1.82, 2.24) is 9.55 Å². The zero-order chi connectivity index (χ0) is 22.5. The van der Waals surface area contributed by atoms with Crippen LogP contribution in [0.1, 0.15) is 13.8 Å². The number of hydrogen-bond donors (Lipinski definition) is 1. The number of halogens is 1. The van der Waals surface area contributed by atoms with Crippen molar-refractivity contribution in [3.05, 3.63) is 51.8 Å². The van der Waals surface area contributed by atoms with E-state index in [4.69, 9.17) is 21.1 Å². The molecule has 0 unspecified atom stereocenters. The Morgan fingerprint density at radius 1 is 1.19 bits per heavy atom. The van der Waals surface area contributed by atoms with E-state index in [2.05, 4.69) is 10.3 Å². The van der Waals surface area contributed by atoms with E-state index in [1.807, 2.05) is 13.8 Å². The van der Waals surface area contributed by atoms with Gasteiger partial charge in [-0.15, -0.1) is 0 Å². The monoisotopic (exact) mass is 461 g/mol. The zero-order valence-corrected chi connectivity index (χ0v) is 19.3. The maximum absolute atomic E-state index is 13.0. The van der Waals surface area contributed by atoms with Crippen molar-refractivity contribution in [2.24, 2.45) is 5.92 Å². The minimum absolute atomic E-state index is 0.0734. The molecular formula is C22H24ClN3O4S. The second kappa shape index (κ2) is 10.1. The van der Waals surface area contributed by atoms with Gasteiger partial charge < -0.3 is 14.8 Å². The van der Waals surface area contributed by atoms with Crippen molar-refractivity contribution >= 4 is 45.9 Å². The summed E-state index contributed by atoms with van der Waals surface area (Å²) in [6.07, 6.45) is 0. The molecule has 1 amide bonds. The smallest absolute Gasteiger partial charge is 0.262 e. The van der Waals surface area contributed by atoms with E-state index in [9.17, 15) is 9.59 Å². The number of hydrogen-bond acceptors (Lipinski definition) is 6. The number of fused-ring (bicyclic) bond motifs is 1. The highest BCUT2D eigenvalue weighted by atomic mass is 35.5. The SMILES string of the molecule is COc1ccc(OC)c(NC(=O)CSc2nc3ccc(Cl)cc3c(=O)n2CC(C)C)c1. The Bertz CT molecular complexity index is 1160. The van der Waals surface area contributed by atoms with E-state index < -0.39 is 0 Å². The summed E-state index contributed by atoms with van der Waals surface area (Å²) in [5.41, 5.74) is 0.887. The fourth-order valence-electron chi connectivity index (χ4n) is 3.04. The molecule has 0 saturated carbocycles. The van der Waals surface area contributed by atoms with Crippen LogP contribution in [0.15, 0.2) is 46.3 Å². The summed E-state index contributed by atoms with van der Waals surface area (Å²) >= 11 is 7.27. The standard InChI is InChI=1S/C22H24ClN3O4S/c1-13(2)11-26-21(28)16-9-14(23)5-7-17(16)25-22(26)31-12-20(27)24-18-10-15(29-3)6-8-19(18)30-4/h5-10,13H,11-12H2,1-4H3,(H,24,27). The second-order valence-electron chi connectivity index (χ2n) is 7.27. The molecule has 7 nitrogen and oxygen atoms in total. The number of benzene rings is 2. The summed E-state index contributed by atoms with van der Waals surface area (Å²) in [6.45, 7) is 4.53. The molecule has 1 N–H and O–H groups in total. The van der Waals surface area contributed by atoms with Gasteiger partial charge in [0, 0.05) is 17.6 Å². The van der Waals surface area contributed by atoms with Crippen molar-refractivity contribution in [1.29, 1.82) is 0 Å². The molecule has 0 atom stereocenters. The predicted molar refractivity (Wildman–Crippen MR) is 125 cm³/mol. The van der Waals surface area contributed by atoms with E-state index >= 15 is 0 Å². The molecule has 3 rings (SSSR count). The molecule has 0 aliphatic rings. The third-order valence-corrected chi connectivity index (χ3v) is 5.65. The summed E-state index contributed by atoms with van der Waals surface area (Å²) in [6, 6.07) is 10.2. The van der Waals surface area contributed by atoms with Gasteiger partial charge in [0.1, 0.15) is 11.5 Å². The fraction of sp³-hybridized carbons (Fsp3) is 0.318. The van der Waals surface area contributed by atoms with Crippen LogP contribution < -0.4 is 20.3 Å². The normalized spacial score (nSPS) is 11.0. The van der Waals surface area contributed by atoms with Gasteiger partial charge in [-0.25, -0.2) is 4.98 Å². The maximum Gasteiger partial charge on any atom is 0.262 e. The van der Waals surface area contributed by atoms with Gasteiger partial charge in [-0.3, -0.25) is 14.2 Å². The molecule has 31 heavy (non-hydrogen) atoms. The molecule has 0 spiro atoms. The van der Waals surface area contributed by atoms with E-state index in [1.54, 1.807) is 48.1 Å². The first kappa shape index (κ1) is 23.0. The average molecular weight is 462 g/mol. The van der Waals surface area contributed by atoms with Crippen LogP contribution in [0, 0.1) is 5.92 Å². The molecule has 0 aliphatic carbocycles. The Kier molecular flexibility index (Phi) is 7.46. The molecule has 3 aromatic rings. The van der Waals surface area contributed by atoms with Gasteiger partial charge >= 0.3 is 0 Å². The predicted octanol–water partition coefficient (Wildman–Crippen LogP) is 4.45. The Hall–Kier alpha value is -2.71. The van der Waals surface area contributed by atoms with Crippen LogP contribution in [-0.4, -0.2) is 35.4 Å². The van der Waals surface area contributed by atoms with Crippen molar-refractivity contribution < 1.29 is 14.3 Å². The maximum atomic E-state index is 13.0. The lowest BCUT2D eigenvalue weighted by Gasteiger charge is -2.15.